The van der Waals surface area contributed by atoms with Crippen molar-refractivity contribution in [3.63, 3.8) is 0 Å². The monoisotopic (exact) mass is 779 g/mol. The third-order valence-corrected chi connectivity index (χ3v) is 10.8. The lowest BCUT2D eigenvalue weighted by Gasteiger charge is -2.34. The predicted octanol–water partition coefficient (Wildman–Crippen LogP) is 4.12. The number of anilines is 2. The van der Waals surface area contributed by atoms with Crippen molar-refractivity contribution in [1.29, 1.82) is 0 Å². The highest BCUT2D eigenvalue weighted by Crippen LogP contribution is 2.27. The van der Waals surface area contributed by atoms with Crippen LogP contribution in [0, 0.1) is 0 Å². The Labute approximate surface area is 327 Å². The van der Waals surface area contributed by atoms with Gasteiger partial charge in [-0.3, -0.25) is 19.3 Å². The molecule has 1 aliphatic heterocycles. The van der Waals surface area contributed by atoms with Crippen molar-refractivity contribution < 1.29 is 29.4 Å². The van der Waals surface area contributed by atoms with Crippen LogP contribution < -0.4 is 31.2 Å². The molecule has 5 aromatic rings. The van der Waals surface area contributed by atoms with Crippen LogP contribution in [0.2, 0.25) is 0 Å². The van der Waals surface area contributed by atoms with Crippen molar-refractivity contribution in [2.24, 2.45) is 0 Å². The summed E-state index contributed by atoms with van der Waals surface area (Å²) >= 11 is 1.52. The summed E-state index contributed by atoms with van der Waals surface area (Å²) < 4.78 is 1.69. The minimum absolute atomic E-state index is 0.0152. The molecule has 5 N–H and O–H groups in total. The highest BCUT2D eigenvalue weighted by molar-refractivity contribution is 7.24. The van der Waals surface area contributed by atoms with E-state index in [1.54, 1.807) is 26.0 Å². The number of fused-ring (bicyclic) bond motifs is 2. The molecule has 14 nitrogen and oxygen atoms in total. The largest absolute Gasteiger partial charge is 0.478 e. The molecular formula is C41H45N7O7S. The SMILES string of the molecule is CCNC(=O)c1cc(C(=O)O)ccc1N1CCNCCN(c2ccc(C(=O)O)cc2C(=O)NCC)CCN(Cc2ccc3sc4ccccc4c(=O)c3n2)CC1. The molecule has 0 unspecified atom stereocenters. The van der Waals surface area contributed by atoms with Crippen LogP contribution in [0.5, 0.6) is 0 Å². The van der Waals surface area contributed by atoms with E-state index in [2.05, 4.69) is 30.7 Å². The van der Waals surface area contributed by atoms with Gasteiger partial charge < -0.3 is 36.0 Å². The summed E-state index contributed by atoms with van der Waals surface area (Å²) in [5.74, 6) is -2.98. The topological polar surface area (TPSA) is 185 Å². The number of benzene rings is 3. The first-order chi connectivity index (χ1) is 27.1. The van der Waals surface area contributed by atoms with Gasteiger partial charge in [0.25, 0.3) is 11.8 Å². The number of carbonyl (C=O) groups is 4. The number of carbonyl (C=O) groups excluding carboxylic acids is 2. The summed E-state index contributed by atoms with van der Waals surface area (Å²) in [7, 11) is 0. The van der Waals surface area contributed by atoms with Gasteiger partial charge in [0, 0.05) is 93.5 Å². The normalized spacial score (nSPS) is 14.5. The zero-order valence-corrected chi connectivity index (χ0v) is 32.2. The Morgan fingerprint density at radius 3 is 1.80 bits per heavy atom. The Hall–Kier alpha value is -5.90. The van der Waals surface area contributed by atoms with Crippen LogP contribution >= 0.6 is 11.3 Å². The van der Waals surface area contributed by atoms with Gasteiger partial charge in [-0.05, 0) is 74.5 Å². The number of carboxylic acids is 2. The maximum atomic E-state index is 13.6. The molecule has 15 heteroatoms. The van der Waals surface area contributed by atoms with Gasteiger partial charge in [-0.2, -0.15) is 0 Å². The third kappa shape index (κ3) is 9.13. The smallest absolute Gasteiger partial charge is 0.335 e. The van der Waals surface area contributed by atoms with E-state index in [9.17, 15) is 34.2 Å². The molecule has 0 radical (unpaired) electrons. The number of nitrogens with one attached hydrogen (secondary N) is 3. The molecule has 0 spiro atoms. The van der Waals surface area contributed by atoms with Crippen molar-refractivity contribution in [2.75, 3.05) is 75.2 Å². The molecule has 292 valence electrons. The van der Waals surface area contributed by atoms with E-state index >= 15 is 0 Å². The number of hydrogen-bond acceptors (Lipinski definition) is 11. The first-order valence-corrected chi connectivity index (χ1v) is 19.4. The first kappa shape index (κ1) is 39.8. The maximum absolute atomic E-state index is 13.6. The summed E-state index contributed by atoms with van der Waals surface area (Å²) in [6.07, 6.45) is 0. The van der Waals surface area contributed by atoms with Crippen LogP contribution in [-0.4, -0.2) is 109 Å². The van der Waals surface area contributed by atoms with E-state index in [0.717, 1.165) is 9.40 Å². The van der Waals surface area contributed by atoms with Crippen molar-refractivity contribution in [3.05, 3.63) is 111 Å². The lowest BCUT2D eigenvalue weighted by molar-refractivity contribution is 0.0686. The van der Waals surface area contributed by atoms with Gasteiger partial charge in [-0.15, -0.1) is 11.3 Å². The van der Waals surface area contributed by atoms with Gasteiger partial charge in [-0.1, -0.05) is 12.1 Å². The summed E-state index contributed by atoms with van der Waals surface area (Å²) in [4.78, 5) is 75.1. The molecule has 3 aromatic carbocycles. The van der Waals surface area contributed by atoms with Crippen molar-refractivity contribution >= 4 is 66.8 Å². The molecule has 6 rings (SSSR count). The molecule has 3 heterocycles. The lowest BCUT2D eigenvalue weighted by Crippen LogP contribution is -2.45. The van der Waals surface area contributed by atoms with Crippen molar-refractivity contribution in [2.45, 2.75) is 20.4 Å². The molecule has 0 atom stereocenters. The number of hydrogen-bond donors (Lipinski definition) is 5. The van der Waals surface area contributed by atoms with Crippen LogP contribution in [0.4, 0.5) is 11.4 Å². The Kier molecular flexibility index (Phi) is 12.9. The zero-order valence-electron chi connectivity index (χ0n) is 31.3. The van der Waals surface area contributed by atoms with Crippen LogP contribution in [0.1, 0.15) is 61.0 Å². The molecular weight excluding hydrogens is 735 g/mol. The Bertz CT molecular complexity index is 2240. The number of rotatable bonds is 10. The van der Waals surface area contributed by atoms with E-state index in [4.69, 9.17) is 4.98 Å². The average molecular weight is 780 g/mol. The molecule has 1 saturated heterocycles. The second-order valence-corrected chi connectivity index (χ2v) is 14.5. The van der Waals surface area contributed by atoms with Gasteiger partial charge in [0.2, 0.25) is 5.43 Å². The Balaban J connectivity index is 1.36. The molecule has 0 bridgehead atoms. The second kappa shape index (κ2) is 18.2. The van der Waals surface area contributed by atoms with E-state index < -0.39 is 11.9 Å². The van der Waals surface area contributed by atoms with Crippen molar-refractivity contribution in [3.8, 4) is 0 Å². The highest BCUT2D eigenvalue weighted by Gasteiger charge is 2.23. The fraction of sp³-hybridized carbons (Fsp3) is 0.317. The molecule has 2 amide bonds. The van der Waals surface area contributed by atoms with Gasteiger partial charge >= 0.3 is 11.9 Å². The minimum Gasteiger partial charge on any atom is -0.478 e. The summed E-state index contributed by atoms with van der Waals surface area (Å²) in [6, 6.07) is 20.5. The van der Waals surface area contributed by atoms with Gasteiger partial charge in [0.05, 0.1) is 32.6 Å². The number of aromatic nitrogens is 1. The fourth-order valence-electron chi connectivity index (χ4n) is 6.86. The summed E-state index contributed by atoms with van der Waals surface area (Å²) in [5, 5.41) is 29.2. The van der Waals surface area contributed by atoms with Crippen LogP contribution in [0.25, 0.3) is 20.3 Å². The van der Waals surface area contributed by atoms with Crippen LogP contribution in [-0.2, 0) is 6.54 Å². The lowest BCUT2D eigenvalue weighted by atomic mass is 10.1. The van der Waals surface area contributed by atoms with E-state index in [1.807, 2.05) is 36.4 Å². The molecule has 2 aromatic heterocycles. The van der Waals surface area contributed by atoms with Crippen molar-refractivity contribution in [1.82, 2.24) is 25.8 Å². The van der Waals surface area contributed by atoms with Crippen LogP contribution in [0.15, 0.2) is 77.6 Å². The number of aromatic carboxylic acids is 2. The number of pyridine rings is 1. The molecule has 1 fully saturated rings. The van der Waals surface area contributed by atoms with Gasteiger partial charge in [-0.25, -0.2) is 14.6 Å². The number of carboxylic acid groups (broad SMARTS) is 2. The first-order valence-electron chi connectivity index (χ1n) is 18.6. The minimum atomic E-state index is -1.13. The van der Waals surface area contributed by atoms with Gasteiger partial charge in [0.1, 0.15) is 5.52 Å². The van der Waals surface area contributed by atoms with E-state index in [0.29, 0.717) is 100.0 Å². The molecule has 1 aliphatic rings. The summed E-state index contributed by atoms with van der Waals surface area (Å²) in [5.41, 5.74) is 2.78. The highest BCUT2D eigenvalue weighted by atomic mass is 32.1. The molecule has 0 saturated carbocycles. The number of nitrogens with zero attached hydrogens (tertiary/aromatic N) is 4. The summed E-state index contributed by atoms with van der Waals surface area (Å²) in [6.45, 7) is 8.70. The van der Waals surface area contributed by atoms with Gasteiger partial charge in [0.15, 0.2) is 0 Å². The number of amides is 2. The Morgan fingerprint density at radius 2 is 1.27 bits per heavy atom. The average Bonchev–Trinajstić information content (AvgIpc) is 3.19. The Morgan fingerprint density at radius 1 is 0.714 bits per heavy atom. The molecule has 0 aliphatic carbocycles. The second-order valence-electron chi connectivity index (χ2n) is 13.4. The van der Waals surface area contributed by atoms with E-state index in [1.165, 1.54) is 35.6 Å². The third-order valence-electron chi connectivity index (χ3n) is 9.69. The maximum Gasteiger partial charge on any atom is 0.335 e. The quantitative estimate of drug-likeness (QED) is 0.128. The van der Waals surface area contributed by atoms with Crippen LogP contribution in [0.3, 0.4) is 0 Å². The standard InChI is InChI=1S/C41H45N7O7S/c1-3-43-38(50)30-23-26(40(52)53)9-12-32(30)47-17-15-42-16-18-48(33-13-10-27(41(54)55)24-31(33)39(51)44-4-2)22-20-46(19-21-47)25-28-11-14-35-36(45-28)37(49)29-7-5-6-8-34(29)56-35/h5-14,23-24,42H,3-4,15-22,25H2,1-2H3,(H,43,50)(H,44,51)(H,52,53)(H,54,55). The van der Waals surface area contributed by atoms with E-state index in [-0.39, 0.29) is 39.5 Å². The molecule has 56 heavy (non-hydrogen) atoms. The zero-order chi connectivity index (χ0) is 39.8. The fourth-order valence-corrected chi connectivity index (χ4v) is 7.88. The predicted molar refractivity (Wildman–Crippen MR) is 219 cm³/mol.